The second kappa shape index (κ2) is 9.76. The average Bonchev–Trinajstić information content (AvgIpc) is 2.74. The number of carbonyl (C=O) groups is 1. The Balaban J connectivity index is 1.56. The molecule has 0 spiro atoms. The monoisotopic (exact) mass is 492 g/mol. The largest absolute Gasteiger partial charge is 0.417 e. The molecule has 1 amide bonds. The summed E-state index contributed by atoms with van der Waals surface area (Å²) in [6, 6.07) is 8.43. The molecule has 32 heavy (non-hydrogen) atoms. The Bertz CT molecular complexity index is 1070. The van der Waals surface area contributed by atoms with Crippen LogP contribution in [0.25, 0.3) is 0 Å². The number of sulfonamides is 1. The van der Waals surface area contributed by atoms with Crippen LogP contribution in [0.5, 0.6) is 0 Å². The summed E-state index contributed by atoms with van der Waals surface area (Å²) < 4.78 is 78.8. The molecular weight excluding hydrogens is 472 g/mol. The SMILES string of the molecule is O=C(NCCc1ccc(F)cc1)C1CCN(S(=O)(=O)c2ccc(Cl)c(C(F)(F)F)c2)CC1. The third-order valence-electron chi connectivity index (χ3n) is 5.33. The number of piperidine rings is 1. The van der Waals surface area contributed by atoms with E-state index in [-0.39, 0.29) is 37.7 Å². The van der Waals surface area contributed by atoms with Crippen molar-refractivity contribution in [3.05, 3.63) is 64.4 Å². The first-order valence-corrected chi connectivity index (χ1v) is 11.7. The first kappa shape index (κ1) is 24.5. The van der Waals surface area contributed by atoms with Gasteiger partial charge >= 0.3 is 6.18 Å². The molecule has 0 aliphatic carbocycles. The summed E-state index contributed by atoms with van der Waals surface area (Å²) in [6.45, 7) is 0.388. The Labute approximate surface area is 188 Å². The minimum Gasteiger partial charge on any atom is -0.356 e. The molecule has 174 valence electrons. The molecule has 1 heterocycles. The van der Waals surface area contributed by atoms with Crippen molar-refractivity contribution in [2.45, 2.75) is 30.3 Å². The van der Waals surface area contributed by atoms with Crippen LogP contribution >= 0.6 is 11.6 Å². The highest BCUT2D eigenvalue weighted by atomic mass is 35.5. The highest BCUT2D eigenvalue weighted by Crippen LogP contribution is 2.36. The lowest BCUT2D eigenvalue weighted by atomic mass is 9.97. The second-order valence-electron chi connectivity index (χ2n) is 7.49. The van der Waals surface area contributed by atoms with E-state index in [0.717, 1.165) is 22.0 Å². The summed E-state index contributed by atoms with van der Waals surface area (Å²) in [7, 11) is -4.15. The lowest BCUT2D eigenvalue weighted by Crippen LogP contribution is -2.43. The molecule has 1 aliphatic heterocycles. The van der Waals surface area contributed by atoms with Crippen LogP contribution < -0.4 is 5.32 Å². The van der Waals surface area contributed by atoms with Crippen LogP contribution in [0.3, 0.4) is 0 Å². The molecule has 1 saturated heterocycles. The maximum absolute atomic E-state index is 13.1. The molecule has 0 unspecified atom stereocenters. The summed E-state index contributed by atoms with van der Waals surface area (Å²) in [5.41, 5.74) is -0.343. The molecule has 5 nitrogen and oxygen atoms in total. The van der Waals surface area contributed by atoms with Crippen molar-refractivity contribution in [1.29, 1.82) is 0 Å². The molecule has 1 fully saturated rings. The molecular formula is C21H21ClF4N2O3S. The van der Waals surface area contributed by atoms with Crippen LogP contribution in [-0.2, 0) is 27.4 Å². The van der Waals surface area contributed by atoms with Gasteiger partial charge in [0.1, 0.15) is 5.82 Å². The summed E-state index contributed by atoms with van der Waals surface area (Å²) in [5.74, 6) is -0.951. The third-order valence-corrected chi connectivity index (χ3v) is 7.56. The van der Waals surface area contributed by atoms with Crippen LogP contribution in [0, 0.1) is 11.7 Å². The van der Waals surface area contributed by atoms with Crippen LogP contribution in [0.15, 0.2) is 47.4 Å². The van der Waals surface area contributed by atoms with Gasteiger partial charge in [-0.15, -0.1) is 0 Å². The van der Waals surface area contributed by atoms with Gasteiger partial charge in [-0.1, -0.05) is 23.7 Å². The Morgan fingerprint density at radius 2 is 1.72 bits per heavy atom. The third kappa shape index (κ3) is 5.79. The minimum atomic E-state index is -4.78. The Morgan fingerprint density at radius 1 is 1.09 bits per heavy atom. The van der Waals surface area contributed by atoms with E-state index in [1.54, 1.807) is 12.1 Å². The molecule has 3 rings (SSSR count). The molecule has 1 aliphatic rings. The van der Waals surface area contributed by atoms with Crippen molar-refractivity contribution >= 4 is 27.5 Å². The van der Waals surface area contributed by atoms with E-state index in [2.05, 4.69) is 5.32 Å². The number of amides is 1. The number of hydrogen-bond donors (Lipinski definition) is 1. The zero-order valence-corrected chi connectivity index (χ0v) is 18.4. The van der Waals surface area contributed by atoms with Crippen molar-refractivity contribution in [1.82, 2.24) is 9.62 Å². The second-order valence-corrected chi connectivity index (χ2v) is 9.83. The van der Waals surface area contributed by atoms with Crippen molar-refractivity contribution in [2.24, 2.45) is 5.92 Å². The predicted octanol–water partition coefficient (Wildman–Crippen LogP) is 4.26. The maximum atomic E-state index is 13.1. The molecule has 0 atom stereocenters. The Kier molecular flexibility index (Phi) is 7.46. The van der Waals surface area contributed by atoms with Gasteiger partial charge in [-0.05, 0) is 55.2 Å². The molecule has 11 heteroatoms. The smallest absolute Gasteiger partial charge is 0.356 e. The fraction of sp³-hybridized carbons (Fsp3) is 0.381. The van der Waals surface area contributed by atoms with Crippen LogP contribution in [0.1, 0.15) is 24.0 Å². The van der Waals surface area contributed by atoms with Gasteiger partial charge in [0, 0.05) is 25.6 Å². The van der Waals surface area contributed by atoms with Gasteiger partial charge in [-0.3, -0.25) is 4.79 Å². The number of rotatable bonds is 6. The van der Waals surface area contributed by atoms with E-state index >= 15 is 0 Å². The number of benzene rings is 2. The lowest BCUT2D eigenvalue weighted by Gasteiger charge is -2.30. The standard InChI is InChI=1S/C21H21ClF4N2O3S/c22-19-6-5-17(13-18(19)21(24,25)26)32(30,31)28-11-8-15(9-12-28)20(29)27-10-7-14-1-3-16(23)4-2-14/h1-6,13,15H,7-12H2,(H,27,29). The lowest BCUT2D eigenvalue weighted by molar-refractivity contribution is -0.137. The number of nitrogens with one attached hydrogen (secondary N) is 1. The van der Waals surface area contributed by atoms with Crippen molar-refractivity contribution < 1.29 is 30.8 Å². The summed E-state index contributed by atoms with van der Waals surface area (Å²) >= 11 is 5.57. The summed E-state index contributed by atoms with van der Waals surface area (Å²) in [5, 5.41) is 2.21. The highest BCUT2D eigenvalue weighted by Gasteiger charge is 2.37. The summed E-state index contributed by atoms with van der Waals surface area (Å²) in [4.78, 5) is 11.9. The van der Waals surface area contributed by atoms with E-state index in [1.165, 1.54) is 12.1 Å². The molecule has 0 bridgehead atoms. The number of carbonyl (C=O) groups excluding carboxylic acids is 1. The number of hydrogen-bond acceptors (Lipinski definition) is 3. The van der Waals surface area contributed by atoms with E-state index in [4.69, 9.17) is 11.6 Å². The first-order chi connectivity index (χ1) is 15.0. The Morgan fingerprint density at radius 3 is 2.31 bits per heavy atom. The van der Waals surface area contributed by atoms with Gasteiger partial charge in [0.25, 0.3) is 0 Å². The zero-order valence-electron chi connectivity index (χ0n) is 16.8. The van der Waals surface area contributed by atoms with E-state index in [0.29, 0.717) is 19.0 Å². The van der Waals surface area contributed by atoms with Crippen molar-refractivity contribution in [3.8, 4) is 0 Å². The molecule has 2 aromatic carbocycles. The number of nitrogens with zero attached hydrogens (tertiary/aromatic N) is 1. The maximum Gasteiger partial charge on any atom is 0.417 e. The van der Waals surface area contributed by atoms with Crippen LogP contribution in [0.2, 0.25) is 5.02 Å². The average molecular weight is 493 g/mol. The Hall–Kier alpha value is -2.17. The van der Waals surface area contributed by atoms with Gasteiger partial charge in [0.05, 0.1) is 15.5 Å². The number of alkyl halides is 3. The first-order valence-electron chi connectivity index (χ1n) is 9.87. The van der Waals surface area contributed by atoms with E-state index < -0.39 is 37.6 Å². The topological polar surface area (TPSA) is 66.5 Å². The summed E-state index contributed by atoms with van der Waals surface area (Å²) in [6.07, 6.45) is -3.75. The van der Waals surface area contributed by atoms with Crippen LogP contribution in [0.4, 0.5) is 17.6 Å². The fourth-order valence-corrected chi connectivity index (χ4v) is 5.24. The predicted molar refractivity (Wildman–Crippen MR) is 111 cm³/mol. The van der Waals surface area contributed by atoms with Crippen LogP contribution in [-0.4, -0.2) is 38.3 Å². The quantitative estimate of drug-likeness (QED) is 0.613. The molecule has 1 N–H and O–H groups in total. The fourth-order valence-electron chi connectivity index (χ4n) is 3.51. The van der Waals surface area contributed by atoms with Crippen molar-refractivity contribution in [2.75, 3.05) is 19.6 Å². The van der Waals surface area contributed by atoms with E-state index in [9.17, 15) is 30.8 Å². The van der Waals surface area contributed by atoms with Gasteiger partial charge < -0.3 is 5.32 Å². The van der Waals surface area contributed by atoms with Crippen molar-refractivity contribution in [3.63, 3.8) is 0 Å². The van der Waals surface area contributed by atoms with Gasteiger partial charge in [0.2, 0.25) is 15.9 Å². The van der Waals surface area contributed by atoms with Gasteiger partial charge in [-0.2, -0.15) is 17.5 Å². The molecule has 0 aromatic heterocycles. The molecule has 0 radical (unpaired) electrons. The zero-order chi connectivity index (χ0) is 23.5. The normalized spacial score (nSPS) is 16.2. The van der Waals surface area contributed by atoms with Gasteiger partial charge in [0.15, 0.2) is 0 Å². The molecule has 2 aromatic rings. The van der Waals surface area contributed by atoms with E-state index in [1.807, 2.05) is 0 Å². The minimum absolute atomic E-state index is 0.0162. The molecule has 0 saturated carbocycles. The number of halogens is 5. The van der Waals surface area contributed by atoms with Gasteiger partial charge in [-0.25, -0.2) is 12.8 Å². The highest BCUT2D eigenvalue weighted by molar-refractivity contribution is 7.89.